The van der Waals surface area contributed by atoms with Crippen molar-refractivity contribution in [1.82, 2.24) is 9.80 Å². The minimum Gasteiger partial charge on any atom is -0.504 e. The maximum atomic E-state index is 13.1. The largest absolute Gasteiger partial charge is 0.504 e. The number of amides is 1. The van der Waals surface area contributed by atoms with Crippen molar-refractivity contribution in [1.29, 1.82) is 0 Å². The van der Waals surface area contributed by atoms with Gasteiger partial charge in [0.2, 0.25) is 0 Å². The Morgan fingerprint density at radius 3 is 2.57 bits per heavy atom. The molecule has 4 rings (SSSR count). The lowest BCUT2D eigenvalue weighted by Gasteiger charge is -2.40. The Morgan fingerprint density at radius 2 is 1.89 bits per heavy atom. The van der Waals surface area contributed by atoms with Crippen molar-refractivity contribution in [3.8, 4) is 11.5 Å². The van der Waals surface area contributed by atoms with Crippen LogP contribution in [-0.4, -0.2) is 53.6 Å². The number of carbonyl (C=O) groups excluding carboxylic acids is 1. The molecule has 186 valence electrons. The van der Waals surface area contributed by atoms with Gasteiger partial charge in [-0.05, 0) is 75.0 Å². The van der Waals surface area contributed by atoms with Gasteiger partial charge in [0.1, 0.15) is 0 Å². The van der Waals surface area contributed by atoms with E-state index in [4.69, 9.17) is 20.8 Å². The number of likely N-dealkylation sites (tertiary alicyclic amines) is 1. The Labute approximate surface area is 212 Å². The molecule has 1 N–H and O–H groups in total. The normalized spacial score (nSPS) is 15.6. The molecule has 7 heteroatoms. The topological polar surface area (TPSA) is 66.2 Å². The summed E-state index contributed by atoms with van der Waals surface area (Å²) in [6.45, 7) is 4.84. The Bertz CT molecular complexity index is 1110. The Morgan fingerprint density at radius 1 is 1.14 bits per heavy atom. The second kappa shape index (κ2) is 11.6. The average Bonchev–Trinajstić information content (AvgIpc) is 3.41. The first-order chi connectivity index (χ1) is 17.0. The number of phenols is 1. The number of aromatic hydroxyl groups is 1. The molecule has 2 heterocycles. The molecule has 0 bridgehead atoms. The van der Waals surface area contributed by atoms with Gasteiger partial charge < -0.3 is 19.2 Å². The average molecular weight is 497 g/mol. The van der Waals surface area contributed by atoms with E-state index in [2.05, 4.69) is 4.90 Å². The van der Waals surface area contributed by atoms with Crippen molar-refractivity contribution in [2.45, 2.75) is 38.8 Å². The summed E-state index contributed by atoms with van der Waals surface area (Å²) in [5.41, 5.74) is 1.91. The summed E-state index contributed by atoms with van der Waals surface area (Å²) in [5, 5.41) is 11.3. The molecule has 0 unspecified atom stereocenters. The van der Waals surface area contributed by atoms with Gasteiger partial charge in [0, 0.05) is 30.2 Å². The molecule has 0 saturated carbocycles. The summed E-state index contributed by atoms with van der Waals surface area (Å²) in [4.78, 5) is 17.3. The fourth-order valence-electron chi connectivity index (χ4n) is 4.94. The lowest BCUT2D eigenvalue weighted by atomic mass is 9.84. The van der Waals surface area contributed by atoms with E-state index in [1.165, 1.54) is 6.26 Å². The quantitative estimate of drug-likeness (QED) is 0.415. The lowest BCUT2D eigenvalue weighted by Crippen LogP contribution is -2.47. The summed E-state index contributed by atoms with van der Waals surface area (Å²) in [5.74, 6) is 1.29. The fourth-order valence-corrected chi connectivity index (χ4v) is 5.15. The van der Waals surface area contributed by atoms with E-state index < -0.39 is 0 Å². The van der Waals surface area contributed by atoms with Gasteiger partial charge in [-0.1, -0.05) is 41.9 Å². The van der Waals surface area contributed by atoms with Crippen LogP contribution in [0.4, 0.5) is 0 Å². The molecule has 3 aromatic rings. The Balaban J connectivity index is 1.46. The smallest absolute Gasteiger partial charge is 0.289 e. The number of benzene rings is 2. The SMILES string of the molecule is CCOc1cccc(CN2CCC([C@H](Cc3ccccc3Cl)N(C)C(=O)c3ccco3)CC2)c1O. The molecule has 6 nitrogen and oxygen atoms in total. The number of carbonyl (C=O) groups is 1. The zero-order chi connectivity index (χ0) is 24.8. The van der Waals surface area contributed by atoms with Gasteiger partial charge in [-0.25, -0.2) is 0 Å². The molecule has 1 amide bonds. The van der Waals surface area contributed by atoms with Crippen LogP contribution in [-0.2, 0) is 13.0 Å². The number of phenolic OH excluding ortho intramolecular Hbond substituents is 1. The van der Waals surface area contributed by atoms with Crippen LogP contribution in [0, 0.1) is 5.92 Å². The molecule has 1 saturated heterocycles. The summed E-state index contributed by atoms with van der Waals surface area (Å²) in [6, 6.07) is 16.9. The van der Waals surface area contributed by atoms with Crippen LogP contribution in [0.3, 0.4) is 0 Å². The van der Waals surface area contributed by atoms with Crippen LogP contribution in [0.5, 0.6) is 11.5 Å². The van der Waals surface area contributed by atoms with Crippen LogP contribution in [0.2, 0.25) is 5.02 Å². The van der Waals surface area contributed by atoms with Crippen molar-refractivity contribution in [3.05, 3.63) is 82.8 Å². The van der Waals surface area contributed by atoms with Gasteiger partial charge >= 0.3 is 0 Å². The molecular weight excluding hydrogens is 464 g/mol. The van der Waals surface area contributed by atoms with E-state index in [1.54, 1.807) is 18.2 Å². The molecule has 1 aliphatic heterocycles. The Kier molecular flexibility index (Phi) is 8.37. The second-order valence-electron chi connectivity index (χ2n) is 9.07. The first-order valence-electron chi connectivity index (χ1n) is 12.2. The van der Waals surface area contributed by atoms with Crippen LogP contribution < -0.4 is 4.74 Å². The maximum Gasteiger partial charge on any atom is 0.289 e. The lowest BCUT2D eigenvalue weighted by molar-refractivity contribution is 0.0555. The van der Waals surface area contributed by atoms with Crippen molar-refractivity contribution < 1.29 is 19.1 Å². The predicted octanol–water partition coefficient (Wildman–Crippen LogP) is 5.63. The maximum absolute atomic E-state index is 13.1. The van der Waals surface area contributed by atoms with E-state index in [-0.39, 0.29) is 17.7 Å². The summed E-state index contributed by atoms with van der Waals surface area (Å²) >= 11 is 6.49. The number of piperidine rings is 1. The molecule has 1 aromatic heterocycles. The number of hydrogen-bond acceptors (Lipinski definition) is 5. The van der Waals surface area contributed by atoms with Crippen LogP contribution in [0.1, 0.15) is 41.4 Å². The molecule has 1 atom stereocenters. The molecule has 0 radical (unpaired) electrons. The monoisotopic (exact) mass is 496 g/mol. The van der Waals surface area contributed by atoms with E-state index in [1.807, 2.05) is 55.3 Å². The van der Waals surface area contributed by atoms with Gasteiger partial charge in [-0.2, -0.15) is 0 Å². The van der Waals surface area contributed by atoms with Gasteiger partial charge in [-0.3, -0.25) is 9.69 Å². The highest BCUT2D eigenvalue weighted by atomic mass is 35.5. The Hall–Kier alpha value is -2.96. The molecular formula is C28H33ClN2O4. The molecule has 0 aliphatic carbocycles. The number of likely N-dealkylation sites (N-methyl/N-ethyl adjacent to an activating group) is 1. The molecule has 1 fully saturated rings. The highest BCUT2D eigenvalue weighted by Crippen LogP contribution is 2.33. The van der Waals surface area contributed by atoms with E-state index in [9.17, 15) is 9.90 Å². The van der Waals surface area contributed by atoms with Crippen molar-refractivity contribution >= 4 is 17.5 Å². The van der Waals surface area contributed by atoms with Gasteiger partial charge in [-0.15, -0.1) is 0 Å². The second-order valence-corrected chi connectivity index (χ2v) is 9.47. The molecule has 35 heavy (non-hydrogen) atoms. The van der Waals surface area contributed by atoms with Crippen LogP contribution in [0.25, 0.3) is 0 Å². The number of halogens is 1. The highest BCUT2D eigenvalue weighted by Gasteiger charge is 2.33. The van der Waals surface area contributed by atoms with Gasteiger partial charge in [0.15, 0.2) is 17.3 Å². The number of nitrogens with zero attached hydrogens (tertiary/aromatic N) is 2. The molecule has 2 aromatic carbocycles. The van der Waals surface area contributed by atoms with Crippen molar-refractivity contribution in [2.75, 3.05) is 26.7 Å². The number of hydrogen-bond donors (Lipinski definition) is 1. The third-order valence-electron chi connectivity index (χ3n) is 6.89. The third kappa shape index (κ3) is 6.00. The number of ether oxygens (including phenoxy) is 1. The highest BCUT2D eigenvalue weighted by molar-refractivity contribution is 6.31. The standard InChI is InChI=1S/C28H33ClN2O4/c1-3-34-25-11-6-9-22(27(25)32)19-31-15-13-20(14-16-31)24(18-21-8-4-5-10-23(21)29)30(2)28(33)26-12-7-17-35-26/h4-12,17,20,24,32H,3,13-16,18-19H2,1-2H3/t24-/m0/s1. The predicted molar refractivity (Wildman–Crippen MR) is 137 cm³/mol. The van der Waals surface area contributed by atoms with E-state index >= 15 is 0 Å². The first kappa shape index (κ1) is 25.1. The molecule has 1 aliphatic rings. The zero-order valence-corrected chi connectivity index (χ0v) is 21.1. The molecule has 0 spiro atoms. The minimum atomic E-state index is -0.118. The first-order valence-corrected chi connectivity index (χ1v) is 12.6. The zero-order valence-electron chi connectivity index (χ0n) is 20.3. The summed E-state index contributed by atoms with van der Waals surface area (Å²) < 4.78 is 10.9. The van der Waals surface area contributed by atoms with E-state index in [0.29, 0.717) is 37.0 Å². The van der Waals surface area contributed by atoms with Gasteiger partial charge in [0.25, 0.3) is 5.91 Å². The van der Waals surface area contributed by atoms with Crippen molar-refractivity contribution in [2.24, 2.45) is 5.92 Å². The summed E-state index contributed by atoms with van der Waals surface area (Å²) in [7, 11) is 1.86. The van der Waals surface area contributed by atoms with Crippen LogP contribution >= 0.6 is 11.6 Å². The van der Waals surface area contributed by atoms with Crippen molar-refractivity contribution in [3.63, 3.8) is 0 Å². The number of furan rings is 1. The number of para-hydroxylation sites is 1. The fraction of sp³-hybridized carbons (Fsp3) is 0.393. The van der Waals surface area contributed by atoms with Gasteiger partial charge in [0.05, 0.1) is 12.9 Å². The summed E-state index contributed by atoms with van der Waals surface area (Å²) in [6.07, 6.45) is 4.09. The van der Waals surface area contributed by atoms with E-state index in [0.717, 1.165) is 42.1 Å². The van der Waals surface area contributed by atoms with Crippen LogP contribution in [0.15, 0.2) is 65.3 Å². The minimum absolute atomic E-state index is 0.00988. The number of rotatable bonds is 9. The third-order valence-corrected chi connectivity index (χ3v) is 7.26.